The van der Waals surface area contributed by atoms with Gasteiger partial charge in [0.2, 0.25) is 0 Å². The lowest BCUT2D eigenvalue weighted by molar-refractivity contribution is 0.423. The molecule has 0 aliphatic carbocycles. The third-order valence-electron chi connectivity index (χ3n) is 2.10. The van der Waals surface area contributed by atoms with Gasteiger partial charge in [0.05, 0.1) is 18.9 Å². The molecule has 0 atom stereocenters. The summed E-state index contributed by atoms with van der Waals surface area (Å²) in [5, 5.41) is 16.9. The van der Waals surface area contributed by atoms with Crippen LogP contribution in [0.4, 0.5) is 0 Å². The number of nitrogens with zero attached hydrogens (tertiary/aromatic N) is 4. The maximum absolute atomic E-state index is 5.55. The Balaban J connectivity index is 1.94. The number of hydrogen-bond donors (Lipinski definition) is 1. The number of hydrogen-bond acceptors (Lipinski definition) is 6. The SMILES string of the molecule is Cn1cc(Oc2nnc(CNC(C)(C)C)s2)cn1. The molecule has 2 aromatic rings. The highest BCUT2D eigenvalue weighted by molar-refractivity contribution is 7.13. The lowest BCUT2D eigenvalue weighted by atomic mass is 10.1. The maximum Gasteiger partial charge on any atom is 0.299 e. The van der Waals surface area contributed by atoms with Gasteiger partial charge < -0.3 is 10.1 Å². The molecule has 98 valence electrons. The molecule has 18 heavy (non-hydrogen) atoms. The zero-order valence-electron chi connectivity index (χ0n) is 11.0. The molecule has 2 heterocycles. The van der Waals surface area contributed by atoms with Crippen molar-refractivity contribution >= 4 is 11.3 Å². The molecule has 0 saturated heterocycles. The standard InChI is InChI=1S/C11H17N5OS/c1-11(2,3)12-6-9-14-15-10(18-9)17-8-5-13-16(4)7-8/h5,7,12H,6H2,1-4H3. The fraction of sp³-hybridized carbons (Fsp3) is 0.545. The van der Waals surface area contributed by atoms with Crippen molar-refractivity contribution in [3.8, 4) is 10.9 Å². The van der Waals surface area contributed by atoms with Crippen LogP contribution in [0.3, 0.4) is 0 Å². The average molecular weight is 267 g/mol. The van der Waals surface area contributed by atoms with Gasteiger partial charge in [-0.15, -0.1) is 5.10 Å². The van der Waals surface area contributed by atoms with E-state index >= 15 is 0 Å². The molecule has 0 saturated carbocycles. The maximum atomic E-state index is 5.55. The number of aromatic nitrogens is 4. The van der Waals surface area contributed by atoms with Gasteiger partial charge in [-0.3, -0.25) is 4.68 Å². The molecule has 0 aliphatic rings. The summed E-state index contributed by atoms with van der Waals surface area (Å²) in [6, 6.07) is 0. The van der Waals surface area contributed by atoms with Crippen LogP contribution in [0, 0.1) is 0 Å². The Morgan fingerprint density at radius 1 is 1.39 bits per heavy atom. The van der Waals surface area contributed by atoms with Gasteiger partial charge >= 0.3 is 0 Å². The number of aryl methyl sites for hydroxylation is 1. The van der Waals surface area contributed by atoms with Crippen molar-refractivity contribution in [1.82, 2.24) is 25.3 Å². The van der Waals surface area contributed by atoms with E-state index in [1.54, 1.807) is 17.1 Å². The number of nitrogens with one attached hydrogen (secondary N) is 1. The van der Waals surface area contributed by atoms with Crippen molar-refractivity contribution < 1.29 is 4.74 Å². The fourth-order valence-electron chi connectivity index (χ4n) is 1.24. The van der Waals surface area contributed by atoms with Gasteiger partial charge in [0, 0.05) is 12.6 Å². The third kappa shape index (κ3) is 3.78. The molecule has 2 aromatic heterocycles. The monoisotopic (exact) mass is 267 g/mol. The van der Waals surface area contributed by atoms with Crippen molar-refractivity contribution in [1.29, 1.82) is 0 Å². The number of rotatable bonds is 4. The molecule has 0 aliphatic heterocycles. The van der Waals surface area contributed by atoms with Crippen LogP contribution in [0.5, 0.6) is 10.9 Å². The minimum absolute atomic E-state index is 0.0655. The summed E-state index contributed by atoms with van der Waals surface area (Å²) >= 11 is 1.43. The molecule has 0 radical (unpaired) electrons. The first-order valence-electron chi connectivity index (χ1n) is 5.66. The van der Waals surface area contributed by atoms with Crippen LogP contribution in [0.25, 0.3) is 0 Å². The second-order valence-corrected chi connectivity index (χ2v) is 6.04. The van der Waals surface area contributed by atoms with Gasteiger partial charge in [0.25, 0.3) is 5.19 Å². The molecular weight excluding hydrogens is 250 g/mol. The van der Waals surface area contributed by atoms with Gasteiger partial charge in [-0.05, 0) is 20.8 Å². The first-order valence-corrected chi connectivity index (χ1v) is 6.48. The van der Waals surface area contributed by atoms with Crippen LogP contribution in [0.2, 0.25) is 0 Å². The van der Waals surface area contributed by atoms with E-state index in [0.717, 1.165) is 5.01 Å². The average Bonchev–Trinajstić information content (AvgIpc) is 2.85. The van der Waals surface area contributed by atoms with Crippen molar-refractivity contribution in [3.05, 3.63) is 17.4 Å². The zero-order valence-corrected chi connectivity index (χ0v) is 11.8. The highest BCUT2D eigenvalue weighted by Crippen LogP contribution is 2.24. The summed E-state index contributed by atoms with van der Waals surface area (Å²) in [5.41, 5.74) is 0.0655. The van der Waals surface area contributed by atoms with Crippen LogP contribution in [-0.4, -0.2) is 25.5 Å². The summed E-state index contributed by atoms with van der Waals surface area (Å²) in [4.78, 5) is 0. The molecule has 0 unspecified atom stereocenters. The van der Waals surface area contributed by atoms with E-state index in [1.807, 2.05) is 7.05 Å². The normalized spacial score (nSPS) is 11.8. The molecule has 1 N–H and O–H groups in total. The fourth-order valence-corrected chi connectivity index (χ4v) is 1.89. The van der Waals surface area contributed by atoms with Gasteiger partial charge in [-0.25, -0.2) is 0 Å². The summed E-state index contributed by atoms with van der Waals surface area (Å²) in [5.74, 6) is 0.670. The molecular formula is C11H17N5OS. The van der Waals surface area contributed by atoms with E-state index in [-0.39, 0.29) is 5.54 Å². The first kappa shape index (κ1) is 13.0. The Morgan fingerprint density at radius 2 is 2.17 bits per heavy atom. The summed E-state index contributed by atoms with van der Waals surface area (Å²) in [6.07, 6.45) is 3.43. The van der Waals surface area contributed by atoms with Gasteiger partial charge in [0.15, 0.2) is 5.75 Å². The van der Waals surface area contributed by atoms with E-state index in [0.29, 0.717) is 17.5 Å². The van der Waals surface area contributed by atoms with Gasteiger partial charge in [-0.2, -0.15) is 5.10 Å². The Bertz CT molecular complexity index is 513. The molecule has 0 amide bonds. The third-order valence-corrected chi connectivity index (χ3v) is 2.91. The molecule has 0 spiro atoms. The van der Waals surface area contributed by atoms with Crippen molar-refractivity contribution in [2.75, 3.05) is 0 Å². The van der Waals surface area contributed by atoms with Crippen molar-refractivity contribution in [2.24, 2.45) is 7.05 Å². The summed E-state index contributed by atoms with van der Waals surface area (Å²) < 4.78 is 7.22. The zero-order chi connectivity index (χ0) is 13.2. The molecule has 6 nitrogen and oxygen atoms in total. The highest BCUT2D eigenvalue weighted by Gasteiger charge is 2.12. The van der Waals surface area contributed by atoms with Crippen LogP contribution < -0.4 is 10.1 Å². The highest BCUT2D eigenvalue weighted by atomic mass is 32.1. The summed E-state index contributed by atoms with van der Waals surface area (Å²) in [7, 11) is 1.84. The van der Waals surface area contributed by atoms with Crippen molar-refractivity contribution in [3.63, 3.8) is 0 Å². The van der Waals surface area contributed by atoms with Gasteiger partial charge in [-0.1, -0.05) is 16.4 Å². The molecule has 2 rings (SSSR count). The predicted molar refractivity (Wildman–Crippen MR) is 69.8 cm³/mol. The van der Waals surface area contributed by atoms with E-state index in [2.05, 4.69) is 41.4 Å². The molecule has 7 heteroatoms. The Labute approximate surface area is 110 Å². The second-order valence-electron chi connectivity index (χ2n) is 5.02. The molecule has 0 bridgehead atoms. The smallest absolute Gasteiger partial charge is 0.299 e. The topological polar surface area (TPSA) is 64.9 Å². The van der Waals surface area contributed by atoms with Gasteiger partial charge in [0.1, 0.15) is 5.01 Å². The van der Waals surface area contributed by atoms with E-state index in [1.165, 1.54) is 11.3 Å². The van der Waals surface area contributed by atoms with Crippen LogP contribution in [0.1, 0.15) is 25.8 Å². The predicted octanol–water partition coefficient (Wildman–Crippen LogP) is 1.95. The lowest BCUT2D eigenvalue weighted by Crippen LogP contribution is -2.35. The van der Waals surface area contributed by atoms with E-state index in [4.69, 9.17) is 4.74 Å². The Morgan fingerprint density at radius 3 is 2.78 bits per heavy atom. The summed E-state index contributed by atoms with van der Waals surface area (Å²) in [6.45, 7) is 7.03. The minimum atomic E-state index is 0.0655. The first-order chi connectivity index (χ1) is 8.42. The number of ether oxygens (including phenoxy) is 1. The van der Waals surface area contributed by atoms with E-state index < -0.39 is 0 Å². The van der Waals surface area contributed by atoms with Crippen LogP contribution >= 0.6 is 11.3 Å². The van der Waals surface area contributed by atoms with E-state index in [9.17, 15) is 0 Å². The second kappa shape index (κ2) is 5.03. The van der Waals surface area contributed by atoms with Crippen LogP contribution in [0.15, 0.2) is 12.4 Å². The Kier molecular flexibility index (Phi) is 3.63. The molecule has 0 fully saturated rings. The lowest BCUT2D eigenvalue weighted by Gasteiger charge is -2.19. The van der Waals surface area contributed by atoms with Crippen molar-refractivity contribution in [2.45, 2.75) is 32.9 Å². The quantitative estimate of drug-likeness (QED) is 0.917. The van der Waals surface area contributed by atoms with Crippen LogP contribution in [-0.2, 0) is 13.6 Å². The largest absolute Gasteiger partial charge is 0.426 e. The minimum Gasteiger partial charge on any atom is -0.426 e. The molecule has 0 aromatic carbocycles. The Hall–Kier alpha value is -1.47.